The molecule has 146 valence electrons. The van der Waals surface area contributed by atoms with Gasteiger partial charge in [-0.2, -0.15) is 0 Å². The molecule has 1 saturated heterocycles. The molecule has 0 saturated carbocycles. The molecule has 2 N–H and O–H groups in total. The van der Waals surface area contributed by atoms with Crippen LogP contribution in [0.1, 0.15) is 51.1 Å². The van der Waals surface area contributed by atoms with Gasteiger partial charge in [0.15, 0.2) is 0 Å². The van der Waals surface area contributed by atoms with Crippen molar-refractivity contribution in [3.8, 4) is 0 Å². The molecule has 0 bridgehead atoms. The third-order valence-corrected chi connectivity index (χ3v) is 5.56. The zero-order chi connectivity index (χ0) is 19.2. The van der Waals surface area contributed by atoms with Crippen LogP contribution < -0.4 is 10.0 Å². The number of rotatable bonds is 7. The Labute approximate surface area is 157 Å². The molecule has 26 heavy (non-hydrogen) atoms. The first kappa shape index (κ1) is 20.7. The van der Waals surface area contributed by atoms with Crippen LogP contribution in [0.2, 0.25) is 0 Å². The van der Waals surface area contributed by atoms with Crippen molar-refractivity contribution >= 4 is 16.1 Å². The quantitative estimate of drug-likeness (QED) is 0.762. The number of piperidine rings is 1. The van der Waals surface area contributed by atoms with E-state index in [4.69, 9.17) is 0 Å². The van der Waals surface area contributed by atoms with E-state index in [0.717, 1.165) is 37.6 Å². The highest BCUT2D eigenvalue weighted by molar-refractivity contribution is 7.88. The average molecular weight is 382 g/mol. The fourth-order valence-corrected chi connectivity index (χ4v) is 3.98. The summed E-state index contributed by atoms with van der Waals surface area (Å²) in [4.78, 5) is 14.8. The van der Waals surface area contributed by atoms with E-state index in [0.29, 0.717) is 13.0 Å². The SMILES string of the molecule is CC(C)C(NC(=O)N1CCCCC1CCNS(C)(=O)=O)c1ccccc1. The number of urea groups is 1. The predicted molar refractivity (Wildman–Crippen MR) is 104 cm³/mol. The first-order valence-corrected chi connectivity index (χ1v) is 11.2. The average Bonchev–Trinajstić information content (AvgIpc) is 2.59. The van der Waals surface area contributed by atoms with Gasteiger partial charge in [0.25, 0.3) is 0 Å². The molecule has 1 aromatic carbocycles. The molecule has 2 unspecified atom stereocenters. The monoisotopic (exact) mass is 381 g/mol. The topological polar surface area (TPSA) is 78.5 Å². The van der Waals surface area contributed by atoms with Crippen LogP contribution in [0.5, 0.6) is 0 Å². The number of hydrogen-bond acceptors (Lipinski definition) is 3. The summed E-state index contributed by atoms with van der Waals surface area (Å²) in [5, 5.41) is 3.19. The first-order valence-electron chi connectivity index (χ1n) is 9.34. The van der Waals surface area contributed by atoms with Gasteiger partial charge in [0.2, 0.25) is 10.0 Å². The van der Waals surface area contributed by atoms with Gasteiger partial charge in [-0.15, -0.1) is 0 Å². The highest BCUT2D eigenvalue weighted by atomic mass is 32.2. The molecular formula is C19H31N3O3S. The van der Waals surface area contributed by atoms with Gasteiger partial charge in [0.05, 0.1) is 12.3 Å². The van der Waals surface area contributed by atoms with Gasteiger partial charge in [-0.05, 0) is 37.2 Å². The summed E-state index contributed by atoms with van der Waals surface area (Å²) < 4.78 is 25.1. The van der Waals surface area contributed by atoms with Crippen molar-refractivity contribution in [2.24, 2.45) is 5.92 Å². The van der Waals surface area contributed by atoms with Crippen LogP contribution in [0, 0.1) is 5.92 Å². The van der Waals surface area contributed by atoms with E-state index in [9.17, 15) is 13.2 Å². The van der Waals surface area contributed by atoms with Gasteiger partial charge < -0.3 is 10.2 Å². The second kappa shape index (κ2) is 9.37. The number of likely N-dealkylation sites (tertiary alicyclic amines) is 1. The fraction of sp³-hybridized carbons (Fsp3) is 0.632. The van der Waals surface area contributed by atoms with Crippen LogP contribution in [-0.4, -0.2) is 44.7 Å². The highest BCUT2D eigenvalue weighted by Gasteiger charge is 2.29. The third-order valence-electron chi connectivity index (χ3n) is 4.83. The molecule has 1 aliphatic heterocycles. The molecule has 6 nitrogen and oxygen atoms in total. The number of carbonyl (C=O) groups is 1. The number of nitrogens with zero attached hydrogens (tertiary/aromatic N) is 1. The molecule has 0 aromatic heterocycles. The van der Waals surface area contributed by atoms with Gasteiger partial charge >= 0.3 is 6.03 Å². The van der Waals surface area contributed by atoms with Crippen LogP contribution in [0.4, 0.5) is 4.79 Å². The molecule has 2 atom stereocenters. The summed E-state index contributed by atoms with van der Waals surface area (Å²) in [6.07, 6.45) is 4.76. The Kier molecular flexibility index (Phi) is 7.46. The number of amides is 2. The molecule has 1 fully saturated rings. The van der Waals surface area contributed by atoms with E-state index in [1.54, 1.807) is 0 Å². The first-order chi connectivity index (χ1) is 12.3. The minimum atomic E-state index is -3.20. The fourth-order valence-electron chi connectivity index (χ4n) is 3.49. The lowest BCUT2D eigenvalue weighted by molar-refractivity contribution is 0.141. The Balaban J connectivity index is 2.02. The van der Waals surface area contributed by atoms with Gasteiger partial charge in [0, 0.05) is 19.1 Å². The minimum Gasteiger partial charge on any atom is -0.331 e. The van der Waals surface area contributed by atoms with Gasteiger partial charge in [-0.1, -0.05) is 44.2 Å². The summed E-state index contributed by atoms with van der Waals surface area (Å²) in [6, 6.07) is 9.98. The van der Waals surface area contributed by atoms with Crippen molar-refractivity contribution in [1.82, 2.24) is 14.9 Å². The molecule has 1 heterocycles. The van der Waals surface area contributed by atoms with Crippen LogP contribution in [0.3, 0.4) is 0 Å². The zero-order valence-electron chi connectivity index (χ0n) is 15.9. The van der Waals surface area contributed by atoms with Crippen molar-refractivity contribution in [1.29, 1.82) is 0 Å². The molecule has 0 radical (unpaired) electrons. The lowest BCUT2D eigenvalue weighted by Crippen LogP contribution is -2.50. The Morgan fingerprint density at radius 3 is 2.54 bits per heavy atom. The summed E-state index contributed by atoms with van der Waals surface area (Å²) in [6.45, 7) is 5.28. The van der Waals surface area contributed by atoms with Crippen LogP contribution in [-0.2, 0) is 10.0 Å². The van der Waals surface area contributed by atoms with Crippen LogP contribution >= 0.6 is 0 Å². The lowest BCUT2D eigenvalue weighted by Gasteiger charge is -2.37. The maximum atomic E-state index is 12.9. The van der Waals surface area contributed by atoms with Gasteiger partial charge in [0.1, 0.15) is 0 Å². The summed E-state index contributed by atoms with van der Waals surface area (Å²) in [5.74, 6) is 0.275. The van der Waals surface area contributed by atoms with Crippen molar-refractivity contribution in [3.05, 3.63) is 35.9 Å². The Bertz CT molecular complexity index is 677. The Morgan fingerprint density at radius 1 is 1.23 bits per heavy atom. The van der Waals surface area contributed by atoms with E-state index in [1.807, 2.05) is 35.2 Å². The lowest BCUT2D eigenvalue weighted by atomic mass is 9.96. The van der Waals surface area contributed by atoms with Crippen molar-refractivity contribution in [2.75, 3.05) is 19.3 Å². The molecule has 0 aliphatic carbocycles. The van der Waals surface area contributed by atoms with Crippen molar-refractivity contribution < 1.29 is 13.2 Å². The van der Waals surface area contributed by atoms with Crippen molar-refractivity contribution in [2.45, 2.75) is 51.6 Å². The standard InChI is InChI=1S/C19H31N3O3S/c1-15(2)18(16-9-5-4-6-10-16)21-19(23)22-14-8-7-11-17(22)12-13-20-26(3,24)25/h4-6,9-10,15,17-18,20H,7-8,11-14H2,1-3H3,(H,21,23). The van der Waals surface area contributed by atoms with E-state index in [-0.39, 0.29) is 24.0 Å². The number of nitrogens with one attached hydrogen (secondary N) is 2. The Hall–Kier alpha value is -1.60. The maximum Gasteiger partial charge on any atom is 0.318 e. The number of benzene rings is 1. The second-order valence-corrected chi connectivity index (χ2v) is 9.21. The predicted octanol–water partition coefficient (Wildman–Crippen LogP) is 2.89. The number of sulfonamides is 1. The van der Waals surface area contributed by atoms with Gasteiger partial charge in [-0.25, -0.2) is 17.9 Å². The summed E-state index contributed by atoms with van der Waals surface area (Å²) in [7, 11) is -3.20. The van der Waals surface area contributed by atoms with E-state index in [2.05, 4.69) is 23.9 Å². The Morgan fingerprint density at radius 2 is 1.92 bits per heavy atom. The number of hydrogen-bond donors (Lipinski definition) is 2. The molecule has 2 amide bonds. The smallest absolute Gasteiger partial charge is 0.318 e. The summed E-state index contributed by atoms with van der Waals surface area (Å²) >= 11 is 0. The van der Waals surface area contributed by atoms with Gasteiger partial charge in [-0.3, -0.25) is 0 Å². The zero-order valence-corrected chi connectivity index (χ0v) is 16.8. The number of carbonyl (C=O) groups excluding carboxylic acids is 1. The summed E-state index contributed by atoms with van der Waals surface area (Å²) in [5.41, 5.74) is 1.10. The van der Waals surface area contributed by atoms with E-state index in [1.165, 1.54) is 0 Å². The maximum absolute atomic E-state index is 12.9. The molecule has 1 aromatic rings. The largest absolute Gasteiger partial charge is 0.331 e. The van der Waals surface area contributed by atoms with Crippen LogP contribution in [0.15, 0.2) is 30.3 Å². The van der Waals surface area contributed by atoms with E-state index >= 15 is 0 Å². The molecule has 1 aliphatic rings. The molecule has 0 spiro atoms. The normalized spacial score (nSPS) is 19.4. The van der Waals surface area contributed by atoms with Crippen molar-refractivity contribution in [3.63, 3.8) is 0 Å². The van der Waals surface area contributed by atoms with Crippen LogP contribution in [0.25, 0.3) is 0 Å². The van der Waals surface area contributed by atoms with E-state index < -0.39 is 10.0 Å². The molecule has 2 rings (SSSR count). The highest BCUT2D eigenvalue weighted by Crippen LogP contribution is 2.24. The second-order valence-electron chi connectivity index (χ2n) is 7.38. The minimum absolute atomic E-state index is 0.0413. The molecular weight excluding hydrogens is 350 g/mol. The third kappa shape index (κ3) is 6.29. The molecule has 7 heteroatoms.